The molecule has 0 amide bonds. The Bertz CT molecular complexity index is 769. The molecule has 1 aliphatic rings. The van der Waals surface area contributed by atoms with Crippen molar-refractivity contribution in [3.63, 3.8) is 0 Å². The zero-order valence-corrected chi connectivity index (χ0v) is 13.5. The molecule has 2 N–H and O–H groups in total. The number of carboxylic acid groups (broad SMARTS) is 1. The van der Waals surface area contributed by atoms with Gasteiger partial charge in [-0.3, -0.25) is 8.37 Å². The van der Waals surface area contributed by atoms with Crippen molar-refractivity contribution < 1.29 is 23.4 Å². The Morgan fingerprint density at radius 2 is 2.14 bits per heavy atom. The highest BCUT2D eigenvalue weighted by Gasteiger charge is 2.42. The first-order valence-electron chi connectivity index (χ1n) is 6.32. The number of aliphatic carboxylic acids is 1. The number of phenolic OH excluding ortho intramolecular Hbond substituents is 1. The molecule has 0 fully saturated rings. The van der Waals surface area contributed by atoms with E-state index < -0.39 is 22.6 Å². The van der Waals surface area contributed by atoms with Crippen molar-refractivity contribution in [2.45, 2.75) is 6.04 Å². The van der Waals surface area contributed by atoms with Crippen molar-refractivity contribution in [2.24, 2.45) is 4.99 Å². The van der Waals surface area contributed by atoms with Gasteiger partial charge in [-0.15, -0.1) is 21.9 Å². The van der Waals surface area contributed by atoms with Gasteiger partial charge >= 0.3 is 5.97 Å². The molecule has 9 heteroatoms. The number of phenols is 1. The molecule has 22 heavy (non-hydrogen) atoms. The summed E-state index contributed by atoms with van der Waals surface area (Å²) in [6.45, 7) is 0. The van der Waals surface area contributed by atoms with Crippen LogP contribution in [-0.2, 0) is 13.2 Å². The van der Waals surface area contributed by atoms with Gasteiger partial charge in [-0.1, -0.05) is 0 Å². The summed E-state index contributed by atoms with van der Waals surface area (Å²) in [5.74, 6) is -0.692. The van der Waals surface area contributed by atoms with Gasteiger partial charge in [0, 0.05) is 0 Å². The summed E-state index contributed by atoms with van der Waals surface area (Å²) in [6, 6.07) is 3.96. The monoisotopic (exact) mass is 342 g/mol. The smallest absolute Gasteiger partial charge is 0.330 e. The first kappa shape index (κ1) is 15.2. The van der Waals surface area contributed by atoms with Gasteiger partial charge in [-0.05, 0) is 18.2 Å². The van der Waals surface area contributed by atoms with Gasteiger partial charge in [-0.25, -0.2) is 14.8 Å². The van der Waals surface area contributed by atoms with Crippen LogP contribution in [0.5, 0.6) is 5.75 Å². The van der Waals surface area contributed by atoms with Crippen LogP contribution < -0.4 is 0 Å². The second kappa shape index (κ2) is 5.51. The van der Waals surface area contributed by atoms with E-state index in [4.69, 9.17) is 8.37 Å². The van der Waals surface area contributed by atoms with Crippen LogP contribution in [0.3, 0.4) is 0 Å². The van der Waals surface area contributed by atoms with Gasteiger partial charge in [0.2, 0.25) is 0 Å². The van der Waals surface area contributed by atoms with E-state index in [1.165, 1.54) is 25.6 Å². The van der Waals surface area contributed by atoms with Gasteiger partial charge in [0.25, 0.3) is 0 Å². The summed E-state index contributed by atoms with van der Waals surface area (Å²) in [5, 5.41) is 19.8. The fourth-order valence-electron chi connectivity index (χ4n) is 2.23. The Balaban J connectivity index is 2.12. The molecule has 0 unspecified atom stereocenters. The number of benzene rings is 1. The number of aliphatic imine (C=N–C) groups is 1. The average Bonchev–Trinajstić information content (AvgIpc) is 3.07. The van der Waals surface area contributed by atoms with E-state index >= 15 is 0 Å². The Morgan fingerprint density at radius 1 is 1.41 bits per heavy atom. The second-order valence-corrected chi connectivity index (χ2v) is 8.22. The van der Waals surface area contributed by atoms with E-state index in [9.17, 15) is 15.0 Å². The number of thiazole rings is 1. The number of carbonyl (C=O) groups is 1. The highest BCUT2D eigenvalue weighted by molar-refractivity contribution is 8.39. The molecule has 2 aromatic rings. The van der Waals surface area contributed by atoms with E-state index in [0.717, 1.165) is 4.70 Å². The first-order chi connectivity index (χ1) is 10.5. The number of hydrogen-bond acceptors (Lipinski definition) is 7. The number of aromatic nitrogens is 1. The average molecular weight is 342 g/mol. The molecule has 0 bridgehead atoms. The molecule has 1 aliphatic heterocycles. The first-order valence-corrected chi connectivity index (χ1v) is 8.78. The van der Waals surface area contributed by atoms with Gasteiger partial charge in [0.05, 0.1) is 30.2 Å². The van der Waals surface area contributed by atoms with Crippen molar-refractivity contribution in [3.8, 4) is 5.75 Å². The molecule has 0 saturated carbocycles. The maximum absolute atomic E-state index is 11.3. The normalized spacial score (nSPS) is 21.7. The van der Waals surface area contributed by atoms with E-state index in [1.54, 1.807) is 18.2 Å². The lowest BCUT2D eigenvalue weighted by Gasteiger charge is -2.36. The summed E-state index contributed by atoms with van der Waals surface area (Å²) in [7, 11) is 0.739. The minimum absolute atomic E-state index is 0.150. The standard InChI is InChI=1S/C13H14N2O5S2/c1-19-22(20-2)6-9(13(17)18)15-12(22)11-14-8-4-3-7(16)5-10(8)21-11/h3-5,9,16H,6H2,1-2H3,(H,17,18)/t9-/m1/s1. The van der Waals surface area contributed by atoms with Crippen LogP contribution in [0.1, 0.15) is 5.01 Å². The number of nitrogens with zero attached hydrogens (tertiary/aromatic N) is 2. The number of rotatable bonds is 4. The quantitative estimate of drug-likeness (QED) is 0.883. The third-order valence-electron chi connectivity index (χ3n) is 3.32. The maximum Gasteiger partial charge on any atom is 0.330 e. The number of fused-ring (bicyclic) bond motifs is 1. The Hall–Kier alpha value is -1.68. The lowest BCUT2D eigenvalue weighted by molar-refractivity contribution is -0.137. The van der Waals surface area contributed by atoms with Gasteiger partial charge in [0.1, 0.15) is 5.75 Å². The molecule has 3 rings (SSSR count). The topological polar surface area (TPSA) is 101 Å². The van der Waals surface area contributed by atoms with Crippen molar-refractivity contribution >= 4 is 43.2 Å². The van der Waals surface area contributed by atoms with Crippen molar-refractivity contribution in [1.29, 1.82) is 0 Å². The SMILES string of the molecule is COS1(OC)C[C@H](C(=O)O)N=C1c1nc2ccc(O)cc2s1. The third-order valence-corrected chi connectivity index (χ3v) is 7.20. The second-order valence-electron chi connectivity index (χ2n) is 4.57. The molecular weight excluding hydrogens is 328 g/mol. The predicted octanol–water partition coefficient (Wildman–Crippen LogP) is 2.14. The lowest BCUT2D eigenvalue weighted by atomic mass is 10.3. The van der Waals surface area contributed by atoms with Gasteiger partial charge in [-0.2, -0.15) is 0 Å². The minimum Gasteiger partial charge on any atom is -0.508 e. The molecular formula is C13H14N2O5S2. The highest BCUT2D eigenvalue weighted by atomic mass is 32.3. The minimum atomic E-state index is -2.23. The van der Waals surface area contributed by atoms with Gasteiger partial charge < -0.3 is 10.2 Å². The van der Waals surface area contributed by atoms with E-state index in [1.807, 2.05) is 0 Å². The Labute approximate surface area is 132 Å². The van der Waals surface area contributed by atoms with Crippen molar-refractivity contribution in [2.75, 3.05) is 20.0 Å². The molecule has 118 valence electrons. The summed E-state index contributed by atoms with van der Waals surface area (Å²) >= 11 is 1.32. The van der Waals surface area contributed by atoms with Crippen LogP contribution in [0, 0.1) is 0 Å². The largest absolute Gasteiger partial charge is 0.508 e. The van der Waals surface area contributed by atoms with Crippen LogP contribution >= 0.6 is 21.9 Å². The molecule has 2 heterocycles. The summed E-state index contributed by atoms with van der Waals surface area (Å²) < 4.78 is 11.8. The van der Waals surface area contributed by atoms with E-state index in [2.05, 4.69) is 9.98 Å². The Morgan fingerprint density at radius 3 is 2.77 bits per heavy atom. The van der Waals surface area contributed by atoms with Crippen LogP contribution in [0.25, 0.3) is 10.2 Å². The highest BCUT2D eigenvalue weighted by Crippen LogP contribution is 2.57. The number of carboxylic acids is 1. The van der Waals surface area contributed by atoms with Crippen LogP contribution in [0.4, 0.5) is 0 Å². The van der Waals surface area contributed by atoms with Crippen LogP contribution in [0.2, 0.25) is 0 Å². The summed E-state index contributed by atoms with van der Waals surface area (Å²) in [5.41, 5.74) is 0.708. The summed E-state index contributed by atoms with van der Waals surface area (Å²) in [4.78, 5) is 20.0. The van der Waals surface area contributed by atoms with Crippen molar-refractivity contribution in [3.05, 3.63) is 23.2 Å². The fourth-order valence-corrected chi connectivity index (χ4v) is 5.74. The van der Waals surface area contributed by atoms with Gasteiger partial charge in [0.15, 0.2) is 16.1 Å². The molecule has 0 saturated heterocycles. The zero-order chi connectivity index (χ0) is 15.9. The van der Waals surface area contributed by atoms with Crippen LogP contribution in [0.15, 0.2) is 23.2 Å². The van der Waals surface area contributed by atoms with Crippen LogP contribution in [-0.4, -0.2) is 52.2 Å². The molecule has 0 spiro atoms. The molecule has 0 radical (unpaired) electrons. The van der Waals surface area contributed by atoms with Crippen molar-refractivity contribution in [1.82, 2.24) is 4.98 Å². The molecule has 0 aliphatic carbocycles. The van der Waals surface area contributed by atoms with E-state index in [-0.39, 0.29) is 11.5 Å². The molecule has 1 aromatic carbocycles. The zero-order valence-electron chi connectivity index (χ0n) is 11.8. The molecule has 1 atom stereocenters. The fraction of sp³-hybridized carbons (Fsp3) is 0.308. The van der Waals surface area contributed by atoms with E-state index in [0.29, 0.717) is 15.6 Å². The molecule has 7 nitrogen and oxygen atoms in total. The number of aromatic hydroxyl groups is 1. The maximum atomic E-state index is 11.3. The number of hydrogen-bond donors (Lipinski definition) is 2. The lowest BCUT2D eigenvalue weighted by Crippen LogP contribution is -2.22. The predicted molar refractivity (Wildman–Crippen MR) is 85.7 cm³/mol. The molecule has 1 aromatic heterocycles. The summed E-state index contributed by atoms with van der Waals surface area (Å²) in [6.07, 6.45) is 0. The Kier molecular flexibility index (Phi) is 3.81. The third kappa shape index (κ3) is 2.35.